The van der Waals surface area contributed by atoms with Crippen LogP contribution in [0.25, 0.3) is 0 Å². The molecule has 2 N–H and O–H groups in total. The van der Waals surface area contributed by atoms with E-state index >= 15 is 0 Å². The maximum Gasteiger partial charge on any atom is 0.340 e. The number of alkyl halides is 2. The zero-order valence-corrected chi connectivity index (χ0v) is 12.4. The lowest BCUT2D eigenvalue weighted by Crippen LogP contribution is -2.38. The Kier molecular flexibility index (Phi) is 3.97. The van der Waals surface area contributed by atoms with Gasteiger partial charge in [-0.05, 0) is 12.8 Å². The Morgan fingerprint density at radius 2 is 2.09 bits per heavy atom. The van der Waals surface area contributed by atoms with Gasteiger partial charge in [0.1, 0.15) is 11.5 Å². The molecule has 124 valence electrons. The number of carbonyl (C=O) groups is 1. The van der Waals surface area contributed by atoms with E-state index in [9.17, 15) is 18.4 Å². The molecule has 2 aromatic rings. The van der Waals surface area contributed by atoms with Crippen molar-refractivity contribution in [1.29, 1.82) is 0 Å². The molecule has 1 fully saturated rings. The normalized spacial score (nSPS) is 16.3. The van der Waals surface area contributed by atoms with Crippen molar-refractivity contribution in [3.8, 4) is 0 Å². The number of likely N-dealkylation sites (tertiary alicyclic amines) is 1. The minimum atomic E-state index is -2.79. The van der Waals surface area contributed by atoms with Gasteiger partial charge in [-0.25, -0.2) is 18.7 Å². The number of H-pyrrole nitrogens is 2. The summed E-state index contributed by atoms with van der Waals surface area (Å²) in [6, 6.07) is 0. The van der Waals surface area contributed by atoms with Crippen LogP contribution in [0.4, 0.5) is 8.78 Å². The molecule has 0 unspecified atom stereocenters. The lowest BCUT2D eigenvalue weighted by Gasteiger charge is -2.30. The van der Waals surface area contributed by atoms with Gasteiger partial charge in [0.05, 0.1) is 5.56 Å². The van der Waals surface area contributed by atoms with E-state index in [1.165, 1.54) is 22.8 Å². The molecule has 0 saturated carbocycles. The van der Waals surface area contributed by atoms with Crippen LogP contribution in [-0.4, -0.2) is 48.9 Å². The fourth-order valence-corrected chi connectivity index (χ4v) is 2.83. The number of rotatable bonds is 3. The Morgan fingerprint density at radius 3 is 2.65 bits per heavy atom. The number of amides is 1. The molecule has 1 aliphatic rings. The van der Waals surface area contributed by atoms with Crippen LogP contribution in [0.2, 0.25) is 0 Å². The molecule has 0 radical (unpaired) electrons. The standard InChI is InChI=1S/C13H16F2N6O2/c1-20-6-8(9(19-20)10(14)15)12(22)21-4-2-7(3-5-21)11-16-13(23)18-17-11/h6-7,10H,2-5H2,1H3,(H2,16,17,18,23). The van der Waals surface area contributed by atoms with Crippen LogP contribution in [0.1, 0.15) is 47.1 Å². The van der Waals surface area contributed by atoms with Gasteiger partial charge >= 0.3 is 5.69 Å². The molecule has 0 atom stereocenters. The largest absolute Gasteiger partial charge is 0.340 e. The molecule has 3 rings (SSSR count). The molecule has 3 heterocycles. The van der Waals surface area contributed by atoms with Crippen LogP contribution in [0.3, 0.4) is 0 Å². The molecule has 8 nitrogen and oxygen atoms in total. The summed E-state index contributed by atoms with van der Waals surface area (Å²) in [7, 11) is 1.50. The average Bonchev–Trinajstić information content (AvgIpc) is 3.13. The first kappa shape index (κ1) is 15.4. The highest BCUT2D eigenvalue weighted by Gasteiger charge is 2.30. The number of nitrogens with one attached hydrogen (secondary N) is 2. The molecule has 0 aliphatic carbocycles. The molecule has 1 saturated heterocycles. The molecule has 0 aromatic carbocycles. The number of aromatic nitrogens is 5. The van der Waals surface area contributed by atoms with Gasteiger partial charge in [0.2, 0.25) is 0 Å². The maximum absolute atomic E-state index is 13.0. The Labute approximate surface area is 129 Å². The summed E-state index contributed by atoms with van der Waals surface area (Å²) in [6.45, 7) is 0.825. The van der Waals surface area contributed by atoms with Gasteiger partial charge in [-0.2, -0.15) is 10.2 Å². The SMILES string of the molecule is Cn1cc(C(=O)N2CCC(c3n[nH]c(=O)[nH]3)CC2)c(C(F)F)n1. The third kappa shape index (κ3) is 3.01. The Balaban J connectivity index is 1.70. The molecule has 1 aliphatic heterocycles. The van der Waals surface area contributed by atoms with Crippen LogP contribution in [0.5, 0.6) is 0 Å². The highest BCUT2D eigenvalue weighted by Crippen LogP contribution is 2.27. The number of hydrogen-bond donors (Lipinski definition) is 2. The molecule has 23 heavy (non-hydrogen) atoms. The summed E-state index contributed by atoms with van der Waals surface area (Å²) < 4.78 is 27.1. The van der Waals surface area contributed by atoms with E-state index in [1.807, 2.05) is 0 Å². The van der Waals surface area contributed by atoms with Gasteiger partial charge in [-0.15, -0.1) is 0 Å². The topological polar surface area (TPSA) is 99.7 Å². The van der Waals surface area contributed by atoms with Crippen molar-refractivity contribution in [3.05, 3.63) is 33.8 Å². The fraction of sp³-hybridized carbons (Fsp3) is 0.538. The zero-order chi connectivity index (χ0) is 16.6. The number of aryl methyl sites for hydroxylation is 1. The highest BCUT2D eigenvalue weighted by atomic mass is 19.3. The zero-order valence-electron chi connectivity index (χ0n) is 12.4. The van der Waals surface area contributed by atoms with E-state index in [0.717, 1.165) is 0 Å². The Hall–Kier alpha value is -2.52. The van der Waals surface area contributed by atoms with Gasteiger partial charge in [0.25, 0.3) is 12.3 Å². The van der Waals surface area contributed by atoms with Crippen LogP contribution in [0, 0.1) is 0 Å². The number of aromatic amines is 2. The third-order valence-electron chi connectivity index (χ3n) is 3.98. The van der Waals surface area contributed by atoms with E-state index in [1.54, 1.807) is 0 Å². The minimum Gasteiger partial charge on any atom is -0.338 e. The second-order valence-corrected chi connectivity index (χ2v) is 5.53. The summed E-state index contributed by atoms with van der Waals surface area (Å²) >= 11 is 0. The Morgan fingerprint density at radius 1 is 1.39 bits per heavy atom. The van der Waals surface area contributed by atoms with E-state index in [4.69, 9.17) is 0 Å². The van der Waals surface area contributed by atoms with Gasteiger partial charge in [-0.3, -0.25) is 14.5 Å². The molecule has 10 heteroatoms. The minimum absolute atomic E-state index is 0.0430. The van der Waals surface area contributed by atoms with Gasteiger partial charge in [0, 0.05) is 32.3 Å². The summed E-state index contributed by atoms with van der Waals surface area (Å²) in [5, 5.41) is 9.87. The summed E-state index contributed by atoms with van der Waals surface area (Å²) in [4.78, 5) is 27.7. The molecule has 0 bridgehead atoms. The lowest BCUT2D eigenvalue weighted by atomic mass is 9.95. The monoisotopic (exact) mass is 326 g/mol. The average molecular weight is 326 g/mol. The highest BCUT2D eigenvalue weighted by molar-refractivity contribution is 5.95. The number of piperidine rings is 1. The third-order valence-corrected chi connectivity index (χ3v) is 3.98. The van der Waals surface area contributed by atoms with Crippen molar-refractivity contribution < 1.29 is 13.6 Å². The fourth-order valence-electron chi connectivity index (χ4n) is 2.83. The molecule has 2 aromatic heterocycles. The first-order valence-corrected chi connectivity index (χ1v) is 7.21. The number of carbonyl (C=O) groups excluding carboxylic acids is 1. The molecule has 0 spiro atoms. The molecule has 1 amide bonds. The van der Waals surface area contributed by atoms with E-state index < -0.39 is 18.0 Å². The van der Waals surface area contributed by atoms with Gasteiger partial charge in [-0.1, -0.05) is 0 Å². The summed E-state index contributed by atoms with van der Waals surface area (Å²) in [6.07, 6.45) is -0.254. The number of halogens is 2. The van der Waals surface area contributed by atoms with Crippen LogP contribution in [-0.2, 0) is 7.05 Å². The van der Waals surface area contributed by atoms with Crippen LogP contribution < -0.4 is 5.69 Å². The smallest absolute Gasteiger partial charge is 0.338 e. The number of nitrogens with zero attached hydrogens (tertiary/aromatic N) is 4. The first-order valence-electron chi connectivity index (χ1n) is 7.21. The predicted molar refractivity (Wildman–Crippen MR) is 75.3 cm³/mol. The van der Waals surface area contributed by atoms with Crippen molar-refractivity contribution in [2.75, 3.05) is 13.1 Å². The van der Waals surface area contributed by atoms with E-state index in [0.29, 0.717) is 31.8 Å². The second-order valence-electron chi connectivity index (χ2n) is 5.53. The van der Waals surface area contributed by atoms with Crippen LogP contribution in [0.15, 0.2) is 11.0 Å². The van der Waals surface area contributed by atoms with Crippen molar-refractivity contribution in [3.63, 3.8) is 0 Å². The molecular weight excluding hydrogens is 310 g/mol. The lowest BCUT2D eigenvalue weighted by molar-refractivity contribution is 0.0699. The van der Waals surface area contributed by atoms with Crippen molar-refractivity contribution in [2.45, 2.75) is 25.2 Å². The Bertz CT molecular complexity index is 757. The van der Waals surface area contributed by atoms with Gasteiger partial charge < -0.3 is 4.90 Å². The number of hydrogen-bond acceptors (Lipinski definition) is 4. The van der Waals surface area contributed by atoms with Gasteiger partial charge in [0.15, 0.2) is 0 Å². The van der Waals surface area contributed by atoms with E-state index in [2.05, 4.69) is 20.3 Å². The quantitative estimate of drug-likeness (QED) is 0.871. The summed E-state index contributed by atoms with van der Waals surface area (Å²) in [5.74, 6) is 0.167. The van der Waals surface area contributed by atoms with Crippen molar-refractivity contribution in [2.24, 2.45) is 7.05 Å². The van der Waals surface area contributed by atoms with Crippen molar-refractivity contribution in [1.82, 2.24) is 29.9 Å². The summed E-state index contributed by atoms with van der Waals surface area (Å²) in [5.41, 5.74) is -0.916. The maximum atomic E-state index is 13.0. The molecular formula is C13H16F2N6O2. The predicted octanol–water partition coefficient (Wildman–Crippen LogP) is 0.789. The van der Waals surface area contributed by atoms with Crippen molar-refractivity contribution >= 4 is 5.91 Å². The van der Waals surface area contributed by atoms with Crippen LogP contribution >= 0.6 is 0 Å². The second kappa shape index (κ2) is 5.94. The van der Waals surface area contributed by atoms with E-state index in [-0.39, 0.29) is 17.2 Å². The first-order chi connectivity index (χ1) is 11.0.